The third kappa shape index (κ3) is 2.08. The first kappa shape index (κ1) is 13.1. The Morgan fingerprint density at radius 2 is 2.00 bits per heavy atom. The van der Waals surface area contributed by atoms with Gasteiger partial charge in [-0.25, -0.2) is 4.39 Å². The van der Waals surface area contributed by atoms with Gasteiger partial charge < -0.3 is 9.88 Å². The molecule has 1 aliphatic rings. The van der Waals surface area contributed by atoms with Gasteiger partial charge in [-0.2, -0.15) is 0 Å². The number of rotatable bonds is 2. The van der Waals surface area contributed by atoms with Crippen LogP contribution in [0.4, 0.5) is 10.1 Å². The molecule has 0 saturated heterocycles. The number of benzene rings is 2. The number of halogens is 1. The normalized spacial score (nSPS) is 13.6. The molecule has 3 nitrogen and oxygen atoms in total. The van der Waals surface area contributed by atoms with Crippen LogP contribution in [-0.4, -0.2) is 11.5 Å². The molecule has 0 atom stereocenters. The van der Waals surface area contributed by atoms with Crippen molar-refractivity contribution in [2.24, 2.45) is 0 Å². The van der Waals surface area contributed by atoms with E-state index in [9.17, 15) is 9.18 Å². The van der Waals surface area contributed by atoms with Crippen LogP contribution in [0.2, 0.25) is 0 Å². The highest BCUT2D eigenvalue weighted by molar-refractivity contribution is 5.78. The Morgan fingerprint density at radius 3 is 2.91 bits per heavy atom. The number of para-hydroxylation sites is 1. The second-order valence-corrected chi connectivity index (χ2v) is 5.62. The van der Waals surface area contributed by atoms with E-state index in [1.165, 1.54) is 6.07 Å². The number of fused-ring (bicyclic) bond motifs is 2. The van der Waals surface area contributed by atoms with Crippen LogP contribution in [0, 0.1) is 5.82 Å². The van der Waals surface area contributed by atoms with Gasteiger partial charge in [0.15, 0.2) is 0 Å². The summed E-state index contributed by atoms with van der Waals surface area (Å²) in [6.45, 7) is 1.24. The van der Waals surface area contributed by atoms with E-state index in [-0.39, 0.29) is 11.4 Å². The van der Waals surface area contributed by atoms with E-state index in [1.54, 1.807) is 6.07 Å². The zero-order chi connectivity index (χ0) is 15.1. The summed E-state index contributed by atoms with van der Waals surface area (Å²) in [5, 5.41) is 1.01. The lowest BCUT2D eigenvalue weighted by atomic mass is 10.1. The number of nitrogens with one attached hydrogen (secondary N) is 1. The van der Waals surface area contributed by atoms with E-state index in [0.29, 0.717) is 18.5 Å². The number of anilines is 1. The molecule has 2 heterocycles. The average Bonchev–Trinajstić information content (AvgIpc) is 2.93. The molecule has 1 aromatic heterocycles. The predicted octanol–water partition coefficient (Wildman–Crippen LogP) is 3.23. The minimum Gasteiger partial charge on any atom is -0.366 e. The zero-order valence-electron chi connectivity index (χ0n) is 12.0. The molecule has 0 aliphatic carbocycles. The van der Waals surface area contributed by atoms with E-state index < -0.39 is 0 Å². The number of nitrogens with zero attached hydrogens (tertiary/aromatic N) is 1. The second-order valence-electron chi connectivity index (χ2n) is 5.62. The lowest BCUT2D eigenvalue weighted by Gasteiger charge is -2.19. The number of hydrogen-bond donors (Lipinski definition) is 1. The van der Waals surface area contributed by atoms with Gasteiger partial charge in [-0.15, -0.1) is 0 Å². The minimum atomic E-state index is -0.160. The molecule has 0 bridgehead atoms. The van der Waals surface area contributed by atoms with Crippen LogP contribution in [0.1, 0.15) is 11.1 Å². The monoisotopic (exact) mass is 294 g/mol. The van der Waals surface area contributed by atoms with Gasteiger partial charge in [-0.3, -0.25) is 4.79 Å². The molecule has 0 radical (unpaired) electrons. The average molecular weight is 294 g/mol. The van der Waals surface area contributed by atoms with Gasteiger partial charge in [0.05, 0.1) is 0 Å². The Labute approximate surface area is 127 Å². The molecular weight excluding hydrogens is 279 g/mol. The number of aromatic amines is 1. The van der Waals surface area contributed by atoms with Gasteiger partial charge in [0, 0.05) is 35.4 Å². The van der Waals surface area contributed by atoms with E-state index in [1.807, 2.05) is 36.4 Å². The molecule has 4 rings (SSSR count). The van der Waals surface area contributed by atoms with Crippen molar-refractivity contribution in [2.75, 3.05) is 11.4 Å². The molecule has 1 N–H and O–H groups in total. The number of hydrogen-bond acceptors (Lipinski definition) is 2. The molecule has 0 fully saturated rings. The molecule has 0 spiro atoms. The quantitative estimate of drug-likeness (QED) is 0.787. The van der Waals surface area contributed by atoms with Gasteiger partial charge in [0.25, 0.3) is 5.56 Å². The largest absolute Gasteiger partial charge is 0.366 e. The van der Waals surface area contributed by atoms with Gasteiger partial charge in [-0.05, 0) is 36.1 Å². The fraction of sp³-hybridized carbons (Fsp3) is 0.167. The van der Waals surface area contributed by atoms with Gasteiger partial charge in [0.2, 0.25) is 0 Å². The van der Waals surface area contributed by atoms with Crippen molar-refractivity contribution < 1.29 is 4.39 Å². The van der Waals surface area contributed by atoms with Crippen molar-refractivity contribution in [3.05, 3.63) is 75.8 Å². The lowest BCUT2D eigenvalue weighted by Crippen LogP contribution is -2.25. The van der Waals surface area contributed by atoms with Crippen molar-refractivity contribution in [2.45, 2.75) is 13.0 Å². The van der Waals surface area contributed by atoms with Crippen molar-refractivity contribution in [1.29, 1.82) is 0 Å². The maximum atomic E-state index is 13.8. The Morgan fingerprint density at radius 1 is 1.14 bits per heavy atom. The summed E-state index contributed by atoms with van der Waals surface area (Å²) in [7, 11) is 0. The van der Waals surface area contributed by atoms with Crippen molar-refractivity contribution in [3.63, 3.8) is 0 Å². The van der Waals surface area contributed by atoms with E-state index in [4.69, 9.17) is 0 Å². The molecule has 2 aromatic carbocycles. The summed E-state index contributed by atoms with van der Waals surface area (Å²) in [6.07, 6.45) is 0.688. The first-order valence-electron chi connectivity index (χ1n) is 7.35. The molecule has 1 aliphatic heterocycles. The lowest BCUT2D eigenvalue weighted by molar-refractivity contribution is 0.615. The van der Waals surface area contributed by atoms with Crippen molar-refractivity contribution in [3.8, 4) is 0 Å². The summed E-state index contributed by atoms with van der Waals surface area (Å²) >= 11 is 0. The molecule has 110 valence electrons. The van der Waals surface area contributed by atoms with Gasteiger partial charge in [0.1, 0.15) is 5.82 Å². The SMILES string of the molecule is O=c1[nH]c2ccccc2cc1CN1CCc2c(F)cccc21. The summed E-state index contributed by atoms with van der Waals surface area (Å²) < 4.78 is 13.8. The Hall–Kier alpha value is -2.62. The number of H-pyrrole nitrogens is 1. The van der Waals surface area contributed by atoms with Crippen molar-refractivity contribution >= 4 is 16.6 Å². The molecule has 3 aromatic rings. The van der Waals surface area contributed by atoms with Gasteiger partial charge in [-0.1, -0.05) is 24.3 Å². The fourth-order valence-corrected chi connectivity index (χ4v) is 3.14. The van der Waals surface area contributed by atoms with Crippen LogP contribution in [0.15, 0.2) is 53.3 Å². The van der Waals surface area contributed by atoms with Crippen LogP contribution in [0.5, 0.6) is 0 Å². The number of aromatic nitrogens is 1. The molecule has 0 saturated carbocycles. The molecule has 4 heteroatoms. The predicted molar refractivity (Wildman–Crippen MR) is 85.7 cm³/mol. The third-order valence-corrected chi connectivity index (χ3v) is 4.26. The second kappa shape index (κ2) is 4.98. The highest BCUT2D eigenvalue weighted by atomic mass is 19.1. The molecular formula is C18H15FN2O. The molecule has 22 heavy (non-hydrogen) atoms. The molecule has 0 amide bonds. The third-order valence-electron chi connectivity index (χ3n) is 4.26. The smallest absolute Gasteiger partial charge is 0.253 e. The topological polar surface area (TPSA) is 36.1 Å². The van der Waals surface area contributed by atoms with Crippen LogP contribution in [0.25, 0.3) is 10.9 Å². The van der Waals surface area contributed by atoms with Crippen LogP contribution >= 0.6 is 0 Å². The first-order valence-corrected chi connectivity index (χ1v) is 7.35. The van der Waals surface area contributed by atoms with Gasteiger partial charge >= 0.3 is 0 Å². The van der Waals surface area contributed by atoms with Crippen LogP contribution in [0.3, 0.4) is 0 Å². The maximum absolute atomic E-state index is 13.8. The maximum Gasteiger partial charge on any atom is 0.253 e. The fourth-order valence-electron chi connectivity index (χ4n) is 3.14. The molecule has 0 unspecified atom stereocenters. The minimum absolute atomic E-state index is 0.0800. The summed E-state index contributed by atoms with van der Waals surface area (Å²) in [6, 6.07) is 14.8. The highest BCUT2D eigenvalue weighted by Gasteiger charge is 2.22. The van der Waals surface area contributed by atoms with Crippen LogP contribution < -0.4 is 10.5 Å². The first-order chi connectivity index (χ1) is 10.7. The van der Waals surface area contributed by atoms with E-state index in [0.717, 1.165) is 28.7 Å². The Bertz CT molecular complexity index is 916. The summed E-state index contributed by atoms with van der Waals surface area (Å²) in [4.78, 5) is 17.2. The summed E-state index contributed by atoms with van der Waals surface area (Å²) in [5.41, 5.74) is 3.11. The Kier molecular flexibility index (Phi) is 2.96. The van der Waals surface area contributed by atoms with E-state index >= 15 is 0 Å². The Balaban J connectivity index is 1.72. The van der Waals surface area contributed by atoms with Crippen LogP contribution in [-0.2, 0) is 13.0 Å². The van der Waals surface area contributed by atoms with Crippen molar-refractivity contribution in [1.82, 2.24) is 4.98 Å². The standard InChI is InChI=1S/C18H15FN2O/c19-15-5-3-7-17-14(15)8-9-21(17)11-13-10-12-4-1-2-6-16(12)20-18(13)22/h1-7,10H,8-9,11H2,(H,20,22). The summed E-state index contributed by atoms with van der Waals surface area (Å²) in [5.74, 6) is -0.160. The highest BCUT2D eigenvalue weighted by Crippen LogP contribution is 2.30. The zero-order valence-corrected chi connectivity index (χ0v) is 12.0. The number of pyridine rings is 1. The van der Waals surface area contributed by atoms with E-state index in [2.05, 4.69) is 9.88 Å².